The Morgan fingerprint density at radius 3 is 0.816 bits per heavy atom. The van der Waals surface area contributed by atoms with Crippen LogP contribution in [0.3, 0.4) is 0 Å². The second kappa shape index (κ2) is 9.69. The normalized spacial score (nSPS) is 13.7. The molecule has 0 saturated heterocycles. The standard InChI is InChI=1S/C38H54/c1-34(2,3)27-19-25(20-28(23-27)35(4,5)6)31-17-16-18-32(33(31)38(13,14)15)26-21-29(36(7,8)9)24-30(22-26)37(10,11)12/h16-24H,1-15H3. The lowest BCUT2D eigenvalue weighted by Gasteiger charge is -2.31. The summed E-state index contributed by atoms with van der Waals surface area (Å²) in [6, 6.07) is 21.6. The average Bonchev–Trinajstić information content (AvgIpc) is 2.75. The van der Waals surface area contributed by atoms with Crippen LogP contribution in [0.5, 0.6) is 0 Å². The van der Waals surface area contributed by atoms with Gasteiger partial charge in [-0.1, -0.05) is 158 Å². The zero-order valence-electron chi connectivity index (χ0n) is 27.2. The molecule has 38 heavy (non-hydrogen) atoms. The van der Waals surface area contributed by atoms with Crippen molar-refractivity contribution < 1.29 is 0 Å². The van der Waals surface area contributed by atoms with Gasteiger partial charge in [-0.2, -0.15) is 0 Å². The zero-order valence-corrected chi connectivity index (χ0v) is 27.2. The van der Waals surface area contributed by atoms with E-state index in [9.17, 15) is 0 Å². The van der Waals surface area contributed by atoms with E-state index in [1.54, 1.807) is 0 Å². The van der Waals surface area contributed by atoms with Crippen molar-refractivity contribution >= 4 is 0 Å². The molecule has 0 N–H and O–H groups in total. The van der Waals surface area contributed by atoms with E-state index in [1.807, 2.05) is 0 Å². The zero-order chi connectivity index (χ0) is 29.1. The Morgan fingerprint density at radius 2 is 0.605 bits per heavy atom. The van der Waals surface area contributed by atoms with E-state index in [0.717, 1.165) is 0 Å². The van der Waals surface area contributed by atoms with Crippen molar-refractivity contribution in [2.45, 2.75) is 131 Å². The summed E-state index contributed by atoms with van der Waals surface area (Å²) in [6.07, 6.45) is 0. The summed E-state index contributed by atoms with van der Waals surface area (Å²) in [6.45, 7) is 35.0. The highest BCUT2D eigenvalue weighted by atomic mass is 14.3. The van der Waals surface area contributed by atoms with Crippen molar-refractivity contribution in [3.63, 3.8) is 0 Å². The minimum atomic E-state index is -0.0226. The first kappa shape index (κ1) is 30.2. The fourth-order valence-electron chi connectivity index (χ4n) is 5.14. The highest BCUT2D eigenvalue weighted by Crippen LogP contribution is 2.44. The molecular formula is C38H54. The van der Waals surface area contributed by atoms with Crippen LogP contribution < -0.4 is 0 Å². The van der Waals surface area contributed by atoms with E-state index < -0.39 is 0 Å². The first-order valence-electron chi connectivity index (χ1n) is 14.5. The Hall–Kier alpha value is -2.34. The van der Waals surface area contributed by atoms with Gasteiger partial charge in [-0.25, -0.2) is 0 Å². The second-order valence-corrected chi connectivity index (χ2v) is 16.6. The van der Waals surface area contributed by atoms with E-state index in [1.165, 1.54) is 50.1 Å². The molecule has 0 aliphatic heterocycles. The first-order valence-corrected chi connectivity index (χ1v) is 14.5. The molecule has 0 heterocycles. The third-order valence-electron chi connectivity index (χ3n) is 7.77. The molecule has 0 aromatic heterocycles. The van der Waals surface area contributed by atoms with Gasteiger partial charge >= 0.3 is 0 Å². The maximum Gasteiger partial charge on any atom is -0.0120 e. The smallest absolute Gasteiger partial charge is 0.0120 e. The number of hydrogen-bond donors (Lipinski definition) is 0. The summed E-state index contributed by atoms with van der Waals surface area (Å²) in [5.41, 5.74) is 12.7. The maximum absolute atomic E-state index is 2.44. The van der Waals surface area contributed by atoms with Crippen LogP contribution in [0.1, 0.15) is 132 Å². The van der Waals surface area contributed by atoms with Gasteiger partial charge in [-0.15, -0.1) is 0 Å². The summed E-state index contributed by atoms with van der Waals surface area (Å²) in [7, 11) is 0. The van der Waals surface area contributed by atoms with Crippen LogP contribution in [0, 0.1) is 0 Å². The molecule has 0 nitrogen and oxygen atoms in total. The quantitative estimate of drug-likeness (QED) is 0.321. The summed E-state index contributed by atoms with van der Waals surface area (Å²) >= 11 is 0. The fourth-order valence-corrected chi connectivity index (χ4v) is 5.14. The van der Waals surface area contributed by atoms with Gasteiger partial charge in [-0.05, 0) is 77.1 Å². The molecule has 0 radical (unpaired) electrons. The predicted octanol–water partition coefficient (Wildman–Crippen LogP) is 11.5. The number of rotatable bonds is 2. The molecule has 0 spiro atoms. The van der Waals surface area contributed by atoms with Gasteiger partial charge in [0.25, 0.3) is 0 Å². The van der Waals surface area contributed by atoms with Crippen molar-refractivity contribution in [1.82, 2.24) is 0 Å². The van der Waals surface area contributed by atoms with E-state index >= 15 is 0 Å². The molecule has 206 valence electrons. The van der Waals surface area contributed by atoms with Crippen LogP contribution in [0.2, 0.25) is 0 Å². The minimum absolute atomic E-state index is 0.0226. The summed E-state index contributed by atoms with van der Waals surface area (Å²) in [4.78, 5) is 0. The average molecular weight is 511 g/mol. The van der Waals surface area contributed by atoms with Gasteiger partial charge in [-0.3, -0.25) is 0 Å². The van der Waals surface area contributed by atoms with Gasteiger partial charge < -0.3 is 0 Å². The van der Waals surface area contributed by atoms with Crippen LogP contribution >= 0.6 is 0 Å². The Bertz CT molecular complexity index is 1140. The predicted molar refractivity (Wildman–Crippen MR) is 171 cm³/mol. The highest BCUT2D eigenvalue weighted by molar-refractivity contribution is 5.81. The molecule has 0 amide bonds. The molecule has 3 rings (SSSR count). The number of benzene rings is 3. The second-order valence-electron chi connectivity index (χ2n) is 16.6. The molecule has 0 heteroatoms. The fraction of sp³-hybridized carbons (Fsp3) is 0.526. The van der Waals surface area contributed by atoms with Crippen LogP contribution in [-0.2, 0) is 27.1 Å². The van der Waals surface area contributed by atoms with Crippen LogP contribution in [0.25, 0.3) is 22.3 Å². The summed E-state index contributed by atoms with van der Waals surface area (Å²) in [5, 5.41) is 0. The van der Waals surface area contributed by atoms with E-state index in [2.05, 4.69) is 158 Å². The third-order valence-corrected chi connectivity index (χ3v) is 7.77. The largest absolute Gasteiger partial charge is 0.0610 e. The molecule has 0 atom stereocenters. The van der Waals surface area contributed by atoms with Crippen molar-refractivity contribution in [3.05, 3.63) is 82.4 Å². The minimum Gasteiger partial charge on any atom is -0.0610 e. The molecule has 3 aromatic rings. The van der Waals surface area contributed by atoms with Gasteiger partial charge in [0.2, 0.25) is 0 Å². The molecular weight excluding hydrogens is 456 g/mol. The molecule has 0 fully saturated rings. The Labute approximate surface area is 235 Å². The Morgan fingerprint density at radius 1 is 0.342 bits per heavy atom. The molecule has 0 bridgehead atoms. The van der Waals surface area contributed by atoms with E-state index in [-0.39, 0.29) is 27.1 Å². The lowest BCUT2D eigenvalue weighted by Crippen LogP contribution is -2.19. The topological polar surface area (TPSA) is 0 Å². The van der Waals surface area contributed by atoms with Gasteiger partial charge in [0.05, 0.1) is 0 Å². The highest BCUT2D eigenvalue weighted by Gasteiger charge is 2.28. The van der Waals surface area contributed by atoms with Gasteiger partial charge in [0, 0.05) is 0 Å². The summed E-state index contributed by atoms with van der Waals surface area (Å²) < 4.78 is 0. The van der Waals surface area contributed by atoms with Crippen LogP contribution in [0.4, 0.5) is 0 Å². The van der Waals surface area contributed by atoms with Crippen LogP contribution in [-0.4, -0.2) is 0 Å². The molecule has 3 aromatic carbocycles. The summed E-state index contributed by atoms with van der Waals surface area (Å²) in [5.74, 6) is 0. The molecule has 0 unspecified atom stereocenters. The van der Waals surface area contributed by atoms with Gasteiger partial charge in [0.1, 0.15) is 0 Å². The molecule has 0 aliphatic rings. The van der Waals surface area contributed by atoms with Crippen molar-refractivity contribution in [2.75, 3.05) is 0 Å². The Balaban J connectivity index is 2.44. The SMILES string of the molecule is CC(C)(C)c1cc(-c2cccc(-c3cc(C(C)(C)C)cc(C(C)(C)C)c3)c2C(C)(C)C)cc(C(C)(C)C)c1. The first-order chi connectivity index (χ1) is 17.0. The third kappa shape index (κ3) is 6.62. The van der Waals surface area contributed by atoms with Crippen LogP contribution in [0.15, 0.2) is 54.6 Å². The monoisotopic (exact) mass is 510 g/mol. The lowest BCUT2D eigenvalue weighted by molar-refractivity contribution is 0.568. The lowest BCUT2D eigenvalue weighted by atomic mass is 9.73. The molecule has 0 saturated carbocycles. The maximum atomic E-state index is 2.44. The van der Waals surface area contributed by atoms with Crippen molar-refractivity contribution in [1.29, 1.82) is 0 Å². The van der Waals surface area contributed by atoms with E-state index in [0.29, 0.717) is 0 Å². The Kier molecular flexibility index (Phi) is 7.70. The van der Waals surface area contributed by atoms with Crippen molar-refractivity contribution in [2.24, 2.45) is 0 Å². The molecule has 0 aliphatic carbocycles. The van der Waals surface area contributed by atoms with E-state index in [4.69, 9.17) is 0 Å². The van der Waals surface area contributed by atoms with Gasteiger partial charge in [0.15, 0.2) is 0 Å². The van der Waals surface area contributed by atoms with Crippen molar-refractivity contribution in [3.8, 4) is 22.3 Å². The number of hydrogen-bond acceptors (Lipinski definition) is 0.